The Morgan fingerprint density at radius 3 is 1.80 bits per heavy atom. The van der Waals surface area contributed by atoms with Crippen LogP contribution in [0.2, 0.25) is 0 Å². The second-order valence-electron chi connectivity index (χ2n) is 3.78. The summed E-state index contributed by atoms with van der Waals surface area (Å²) in [6.07, 6.45) is 0. The first-order valence-corrected chi connectivity index (χ1v) is 5.73. The minimum absolute atomic E-state index is 0.220. The van der Waals surface area contributed by atoms with Gasteiger partial charge >= 0.3 is 24.0 Å². The fourth-order valence-corrected chi connectivity index (χ4v) is 1.40. The Labute approximate surface area is 114 Å². The highest BCUT2D eigenvalue weighted by atomic mass is 16.6. The SMILES string of the molecule is CC(=O)Oc1nc(OC(C)=O)nc(-c2ccccc2)n1. The summed E-state index contributed by atoms with van der Waals surface area (Å²) >= 11 is 0. The summed E-state index contributed by atoms with van der Waals surface area (Å²) in [6.45, 7) is 2.44. The summed E-state index contributed by atoms with van der Waals surface area (Å²) < 4.78 is 9.61. The zero-order valence-electron chi connectivity index (χ0n) is 10.9. The van der Waals surface area contributed by atoms with Gasteiger partial charge in [0.2, 0.25) is 0 Å². The number of carbonyl (C=O) groups is 2. The highest BCUT2D eigenvalue weighted by Crippen LogP contribution is 2.19. The van der Waals surface area contributed by atoms with Crippen molar-refractivity contribution in [1.29, 1.82) is 0 Å². The van der Waals surface area contributed by atoms with E-state index in [-0.39, 0.29) is 17.8 Å². The van der Waals surface area contributed by atoms with Gasteiger partial charge in [-0.3, -0.25) is 9.59 Å². The summed E-state index contributed by atoms with van der Waals surface area (Å²) in [5.41, 5.74) is 0.678. The second-order valence-corrected chi connectivity index (χ2v) is 3.78. The predicted octanol–water partition coefficient (Wildman–Crippen LogP) is 1.39. The summed E-state index contributed by atoms with van der Waals surface area (Å²) in [7, 11) is 0. The lowest BCUT2D eigenvalue weighted by Gasteiger charge is -2.05. The highest BCUT2D eigenvalue weighted by Gasteiger charge is 2.13. The Morgan fingerprint density at radius 1 is 0.850 bits per heavy atom. The van der Waals surface area contributed by atoms with Gasteiger partial charge in [0.05, 0.1) is 0 Å². The smallest absolute Gasteiger partial charge is 0.331 e. The third kappa shape index (κ3) is 3.58. The average Bonchev–Trinajstić information content (AvgIpc) is 2.38. The van der Waals surface area contributed by atoms with Crippen LogP contribution in [0.25, 0.3) is 11.4 Å². The standard InChI is InChI=1S/C13H11N3O4/c1-8(17)19-12-14-11(10-6-4-3-5-7-10)15-13(16-12)20-9(2)18/h3-7H,1-2H3. The molecule has 0 aliphatic rings. The fourth-order valence-electron chi connectivity index (χ4n) is 1.40. The first-order valence-electron chi connectivity index (χ1n) is 5.73. The van der Waals surface area contributed by atoms with E-state index in [1.807, 2.05) is 6.07 Å². The van der Waals surface area contributed by atoms with E-state index in [1.54, 1.807) is 24.3 Å². The van der Waals surface area contributed by atoms with Crippen LogP contribution in [-0.4, -0.2) is 26.9 Å². The Balaban J connectivity index is 2.44. The van der Waals surface area contributed by atoms with Gasteiger partial charge < -0.3 is 9.47 Å². The molecule has 0 bridgehead atoms. The number of ether oxygens (including phenoxy) is 2. The minimum Gasteiger partial charge on any atom is -0.391 e. The third-order valence-electron chi connectivity index (χ3n) is 2.10. The largest absolute Gasteiger partial charge is 0.391 e. The van der Waals surface area contributed by atoms with E-state index in [0.29, 0.717) is 5.56 Å². The van der Waals surface area contributed by atoms with E-state index < -0.39 is 11.9 Å². The zero-order valence-corrected chi connectivity index (χ0v) is 10.9. The van der Waals surface area contributed by atoms with Crippen LogP contribution in [0.15, 0.2) is 30.3 Å². The maximum Gasteiger partial charge on any atom is 0.331 e. The highest BCUT2D eigenvalue weighted by molar-refractivity contribution is 5.69. The number of benzene rings is 1. The second kappa shape index (κ2) is 5.87. The summed E-state index contributed by atoms with van der Waals surface area (Å²) in [6, 6.07) is 8.54. The molecule has 2 aromatic rings. The molecule has 102 valence electrons. The van der Waals surface area contributed by atoms with E-state index in [9.17, 15) is 9.59 Å². The van der Waals surface area contributed by atoms with Crippen LogP contribution in [0.1, 0.15) is 13.8 Å². The van der Waals surface area contributed by atoms with Crippen LogP contribution >= 0.6 is 0 Å². The molecule has 1 aromatic carbocycles. The monoisotopic (exact) mass is 273 g/mol. The Bertz CT molecular complexity index is 609. The van der Waals surface area contributed by atoms with Crippen LogP contribution in [0.3, 0.4) is 0 Å². The van der Waals surface area contributed by atoms with Crippen molar-refractivity contribution in [3.8, 4) is 23.4 Å². The molecule has 0 fully saturated rings. The van der Waals surface area contributed by atoms with Crippen molar-refractivity contribution in [3.63, 3.8) is 0 Å². The van der Waals surface area contributed by atoms with Crippen LogP contribution in [0, 0.1) is 0 Å². The van der Waals surface area contributed by atoms with Gasteiger partial charge in [-0.2, -0.15) is 9.97 Å². The van der Waals surface area contributed by atoms with Crippen molar-refractivity contribution in [1.82, 2.24) is 15.0 Å². The van der Waals surface area contributed by atoms with Gasteiger partial charge in [0.1, 0.15) is 0 Å². The Kier molecular flexibility index (Phi) is 3.99. The summed E-state index contributed by atoms with van der Waals surface area (Å²) in [5.74, 6) is -0.916. The van der Waals surface area contributed by atoms with Gasteiger partial charge in [0.25, 0.3) is 0 Å². The number of aromatic nitrogens is 3. The maximum atomic E-state index is 11.0. The third-order valence-corrected chi connectivity index (χ3v) is 2.10. The minimum atomic E-state index is -0.580. The van der Waals surface area contributed by atoms with Crippen LogP contribution in [0.4, 0.5) is 0 Å². The number of hydrogen-bond donors (Lipinski definition) is 0. The molecular weight excluding hydrogens is 262 g/mol. The molecule has 0 unspecified atom stereocenters. The number of rotatable bonds is 3. The van der Waals surface area contributed by atoms with E-state index >= 15 is 0 Å². The Morgan fingerprint density at radius 2 is 1.35 bits per heavy atom. The number of carbonyl (C=O) groups excluding carboxylic acids is 2. The first kappa shape index (κ1) is 13.6. The van der Waals surface area contributed by atoms with Crippen LogP contribution in [-0.2, 0) is 9.59 Å². The molecule has 1 heterocycles. The molecule has 7 nitrogen and oxygen atoms in total. The first-order chi connectivity index (χ1) is 9.54. The molecule has 0 spiro atoms. The molecule has 0 radical (unpaired) electrons. The molecule has 1 aromatic heterocycles. The molecule has 0 atom stereocenters. The molecule has 2 rings (SSSR count). The number of esters is 2. The maximum absolute atomic E-state index is 11.0. The fraction of sp³-hybridized carbons (Fsp3) is 0.154. The zero-order chi connectivity index (χ0) is 14.5. The molecule has 0 aliphatic carbocycles. The van der Waals surface area contributed by atoms with Crippen molar-refractivity contribution in [2.24, 2.45) is 0 Å². The van der Waals surface area contributed by atoms with E-state index in [4.69, 9.17) is 9.47 Å². The van der Waals surface area contributed by atoms with Gasteiger partial charge in [-0.1, -0.05) is 30.3 Å². The van der Waals surface area contributed by atoms with Crippen molar-refractivity contribution in [2.45, 2.75) is 13.8 Å². The van der Waals surface area contributed by atoms with E-state index in [1.165, 1.54) is 13.8 Å². The number of nitrogens with zero attached hydrogens (tertiary/aromatic N) is 3. The lowest BCUT2D eigenvalue weighted by atomic mass is 10.2. The topological polar surface area (TPSA) is 91.3 Å². The molecule has 0 saturated heterocycles. The molecule has 20 heavy (non-hydrogen) atoms. The quantitative estimate of drug-likeness (QED) is 0.780. The Hall–Kier alpha value is -2.83. The van der Waals surface area contributed by atoms with Crippen molar-refractivity contribution in [2.75, 3.05) is 0 Å². The molecule has 0 saturated carbocycles. The van der Waals surface area contributed by atoms with Crippen molar-refractivity contribution in [3.05, 3.63) is 30.3 Å². The average molecular weight is 273 g/mol. The van der Waals surface area contributed by atoms with Crippen LogP contribution < -0.4 is 9.47 Å². The molecule has 0 amide bonds. The lowest BCUT2D eigenvalue weighted by molar-refractivity contribution is -0.132. The summed E-state index contributed by atoms with van der Waals surface area (Å²) in [4.78, 5) is 33.6. The predicted molar refractivity (Wildman–Crippen MR) is 67.9 cm³/mol. The normalized spacial score (nSPS) is 9.90. The van der Waals surface area contributed by atoms with Gasteiger partial charge in [-0.25, -0.2) is 0 Å². The van der Waals surface area contributed by atoms with Crippen molar-refractivity contribution < 1.29 is 19.1 Å². The number of hydrogen-bond acceptors (Lipinski definition) is 7. The van der Waals surface area contributed by atoms with Gasteiger partial charge in [-0.05, 0) is 0 Å². The lowest BCUT2D eigenvalue weighted by Crippen LogP contribution is -2.10. The molecule has 0 aliphatic heterocycles. The van der Waals surface area contributed by atoms with E-state index in [0.717, 1.165) is 0 Å². The van der Waals surface area contributed by atoms with Gasteiger partial charge in [0, 0.05) is 19.4 Å². The van der Waals surface area contributed by atoms with E-state index in [2.05, 4.69) is 15.0 Å². The van der Waals surface area contributed by atoms with Gasteiger partial charge in [-0.15, -0.1) is 4.98 Å². The summed E-state index contributed by atoms with van der Waals surface area (Å²) in [5, 5.41) is 0. The van der Waals surface area contributed by atoms with Crippen molar-refractivity contribution >= 4 is 11.9 Å². The molecule has 7 heteroatoms. The molecule has 0 N–H and O–H groups in total. The molecular formula is C13H11N3O4. The van der Waals surface area contributed by atoms with Gasteiger partial charge in [0.15, 0.2) is 5.82 Å². The van der Waals surface area contributed by atoms with Crippen LogP contribution in [0.5, 0.6) is 12.0 Å².